The fraction of sp³-hybridized carbons (Fsp3) is 0.857. The first kappa shape index (κ1) is 13.1. The van der Waals surface area contributed by atoms with Crippen LogP contribution in [-0.2, 0) is 13.0 Å². The van der Waals surface area contributed by atoms with E-state index < -0.39 is 0 Å². The molecule has 2 saturated heterocycles. The van der Waals surface area contributed by atoms with Crippen molar-refractivity contribution in [2.45, 2.75) is 45.7 Å². The van der Waals surface area contributed by atoms with E-state index in [0.717, 1.165) is 42.9 Å². The molecule has 2 fully saturated rings. The topological polar surface area (TPSA) is 54.2 Å². The summed E-state index contributed by atoms with van der Waals surface area (Å²) in [7, 11) is 0. The van der Waals surface area contributed by atoms with Gasteiger partial charge in [0.15, 0.2) is 5.82 Å². The van der Waals surface area contributed by atoms with Gasteiger partial charge < -0.3 is 9.84 Å². The van der Waals surface area contributed by atoms with Crippen molar-refractivity contribution in [3.8, 4) is 0 Å². The van der Waals surface area contributed by atoms with Crippen molar-refractivity contribution in [1.82, 2.24) is 20.4 Å². The molecule has 1 aromatic heterocycles. The molecule has 0 bridgehead atoms. The summed E-state index contributed by atoms with van der Waals surface area (Å²) in [6.45, 7) is 8.75. The quantitative estimate of drug-likeness (QED) is 0.872. The molecule has 0 amide bonds. The normalized spacial score (nSPS) is 30.9. The van der Waals surface area contributed by atoms with Crippen LogP contribution in [0.2, 0.25) is 0 Å². The molecule has 1 aromatic rings. The van der Waals surface area contributed by atoms with Gasteiger partial charge in [-0.3, -0.25) is 4.90 Å². The maximum absolute atomic E-state index is 5.38. The second kappa shape index (κ2) is 5.59. The lowest BCUT2D eigenvalue weighted by Crippen LogP contribution is -2.34. The maximum Gasteiger partial charge on any atom is 0.240 e. The lowest BCUT2D eigenvalue weighted by Gasteiger charge is -2.25. The molecule has 3 heterocycles. The molecule has 5 heteroatoms. The van der Waals surface area contributed by atoms with Gasteiger partial charge >= 0.3 is 0 Å². The van der Waals surface area contributed by atoms with Gasteiger partial charge in [0.2, 0.25) is 5.89 Å². The standard InChI is InChI=1S/C14H24N4O/c1-3-5-13-16-14(19-17-13)9-18-8-10-6-15-7-11(10)12(18)4-2/h10-12,15H,3-9H2,1-2H3. The van der Waals surface area contributed by atoms with Crippen LogP contribution in [0.4, 0.5) is 0 Å². The SMILES string of the molecule is CCCc1noc(CN2CC3CNCC3C2CC)n1. The summed E-state index contributed by atoms with van der Waals surface area (Å²) in [5.41, 5.74) is 0. The Kier molecular flexibility index (Phi) is 3.84. The summed E-state index contributed by atoms with van der Waals surface area (Å²) in [6, 6.07) is 0.668. The van der Waals surface area contributed by atoms with Gasteiger partial charge in [0.25, 0.3) is 0 Å². The first-order valence-electron chi connectivity index (χ1n) is 7.58. The molecule has 3 unspecified atom stereocenters. The van der Waals surface area contributed by atoms with Crippen LogP contribution in [0.1, 0.15) is 38.4 Å². The lowest BCUT2D eigenvalue weighted by atomic mass is 9.93. The van der Waals surface area contributed by atoms with E-state index >= 15 is 0 Å². The van der Waals surface area contributed by atoms with Crippen LogP contribution in [0.5, 0.6) is 0 Å². The molecular weight excluding hydrogens is 240 g/mol. The highest BCUT2D eigenvalue weighted by Gasteiger charge is 2.43. The maximum atomic E-state index is 5.38. The highest BCUT2D eigenvalue weighted by molar-refractivity contribution is 4.99. The number of hydrogen-bond acceptors (Lipinski definition) is 5. The van der Waals surface area contributed by atoms with E-state index in [1.165, 1.54) is 26.1 Å². The molecule has 0 saturated carbocycles. The molecular formula is C14H24N4O. The van der Waals surface area contributed by atoms with E-state index in [9.17, 15) is 0 Å². The second-order valence-electron chi connectivity index (χ2n) is 5.84. The minimum absolute atomic E-state index is 0.668. The minimum atomic E-state index is 0.668. The number of nitrogens with one attached hydrogen (secondary N) is 1. The molecule has 5 nitrogen and oxygen atoms in total. The minimum Gasteiger partial charge on any atom is -0.338 e. The zero-order chi connectivity index (χ0) is 13.2. The Balaban J connectivity index is 1.65. The highest BCUT2D eigenvalue weighted by atomic mass is 16.5. The summed E-state index contributed by atoms with van der Waals surface area (Å²) < 4.78 is 5.38. The number of aromatic nitrogens is 2. The van der Waals surface area contributed by atoms with E-state index in [1.807, 2.05) is 0 Å². The first-order chi connectivity index (χ1) is 9.31. The molecule has 106 valence electrons. The molecule has 0 aliphatic carbocycles. The van der Waals surface area contributed by atoms with Crippen molar-refractivity contribution < 1.29 is 4.52 Å². The summed E-state index contributed by atoms with van der Waals surface area (Å²) >= 11 is 0. The van der Waals surface area contributed by atoms with Crippen LogP contribution in [0.3, 0.4) is 0 Å². The monoisotopic (exact) mass is 264 g/mol. The molecule has 1 N–H and O–H groups in total. The third-order valence-corrected chi connectivity index (χ3v) is 4.56. The van der Waals surface area contributed by atoms with Gasteiger partial charge in [-0.05, 0) is 37.8 Å². The van der Waals surface area contributed by atoms with Crippen LogP contribution in [0.25, 0.3) is 0 Å². The number of fused-ring (bicyclic) bond motifs is 1. The first-order valence-corrected chi connectivity index (χ1v) is 7.58. The van der Waals surface area contributed by atoms with E-state index in [1.54, 1.807) is 0 Å². The highest BCUT2D eigenvalue weighted by Crippen LogP contribution is 2.34. The van der Waals surface area contributed by atoms with Gasteiger partial charge in [0.05, 0.1) is 6.54 Å². The van der Waals surface area contributed by atoms with Crippen molar-refractivity contribution >= 4 is 0 Å². The smallest absolute Gasteiger partial charge is 0.240 e. The third kappa shape index (κ3) is 2.54. The summed E-state index contributed by atoms with van der Waals surface area (Å²) in [6.07, 6.45) is 3.19. The van der Waals surface area contributed by atoms with Crippen LogP contribution < -0.4 is 5.32 Å². The van der Waals surface area contributed by atoms with Crippen LogP contribution >= 0.6 is 0 Å². The molecule has 3 atom stereocenters. The van der Waals surface area contributed by atoms with E-state index in [4.69, 9.17) is 4.52 Å². The fourth-order valence-electron chi connectivity index (χ4n) is 3.71. The Morgan fingerprint density at radius 3 is 3.05 bits per heavy atom. The van der Waals surface area contributed by atoms with Crippen LogP contribution in [-0.4, -0.2) is 40.7 Å². The number of hydrogen-bond donors (Lipinski definition) is 1. The largest absolute Gasteiger partial charge is 0.338 e. The molecule has 2 aliphatic heterocycles. The zero-order valence-corrected chi connectivity index (χ0v) is 11.9. The Hall–Kier alpha value is -0.940. The van der Waals surface area contributed by atoms with E-state index in [0.29, 0.717) is 6.04 Å². The average molecular weight is 264 g/mol. The zero-order valence-electron chi connectivity index (χ0n) is 11.9. The van der Waals surface area contributed by atoms with Crippen molar-refractivity contribution in [3.05, 3.63) is 11.7 Å². The summed E-state index contributed by atoms with van der Waals surface area (Å²) in [5.74, 6) is 3.26. The summed E-state index contributed by atoms with van der Waals surface area (Å²) in [4.78, 5) is 7.03. The molecule has 19 heavy (non-hydrogen) atoms. The van der Waals surface area contributed by atoms with Crippen molar-refractivity contribution in [1.29, 1.82) is 0 Å². The van der Waals surface area contributed by atoms with Crippen molar-refractivity contribution in [3.63, 3.8) is 0 Å². The molecule has 0 spiro atoms. The van der Waals surface area contributed by atoms with Crippen LogP contribution in [0.15, 0.2) is 4.52 Å². The lowest BCUT2D eigenvalue weighted by molar-refractivity contribution is 0.184. The van der Waals surface area contributed by atoms with Crippen molar-refractivity contribution in [2.75, 3.05) is 19.6 Å². The number of nitrogens with zero attached hydrogens (tertiary/aromatic N) is 3. The summed E-state index contributed by atoms with van der Waals surface area (Å²) in [5, 5.41) is 7.56. The number of aryl methyl sites for hydroxylation is 1. The van der Waals surface area contributed by atoms with Gasteiger partial charge in [0.1, 0.15) is 0 Å². The van der Waals surface area contributed by atoms with E-state index in [2.05, 4.69) is 34.2 Å². The van der Waals surface area contributed by atoms with Gasteiger partial charge in [-0.1, -0.05) is 19.0 Å². The molecule has 0 aromatic carbocycles. The van der Waals surface area contributed by atoms with Crippen molar-refractivity contribution in [2.24, 2.45) is 11.8 Å². The second-order valence-corrected chi connectivity index (χ2v) is 5.84. The number of rotatable bonds is 5. The Labute approximate surface area is 114 Å². The van der Waals surface area contributed by atoms with E-state index in [-0.39, 0.29) is 0 Å². The van der Waals surface area contributed by atoms with Gasteiger partial charge in [-0.25, -0.2) is 0 Å². The van der Waals surface area contributed by atoms with Gasteiger partial charge in [-0.2, -0.15) is 4.98 Å². The predicted molar refractivity (Wildman–Crippen MR) is 72.6 cm³/mol. The predicted octanol–water partition coefficient (Wildman–Crippen LogP) is 1.45. The van der Waals surface area contributed by atoms with Gasteiger partial charge in [0, 0.05) is 19.0 Å². The van der Waals surface area contributed by atoms with Crippen LogP contribution in [0, 0.1) is 11.8 Å². The Morgan fingerprint density at radius 1 is 1.37 bits per heavy atom. The Bertz CT molecular complexity index is 419. The average Bonchev–Trinajstić information content (AvgIpc) is 3.06. The molecule has 3 rings (SSSR count). The third-order valence-electron chi connectivity index (χ3n) is 4.56. The number of likely N-dealkylation sites (tertiary alicyclic amines) is 1. The Morgan fingerprint density at radius 2 is 2.26 bits per heavy atom. The molecule has 2 aliphatic rings. The van der Waals surface area contributed by atoms with Gasteiger partial charge in [-0.15, -0.1) is 0 Å². The molecule has 0 radical (unpaired) electrons. The fourth-order valence-corrected chi connectivity index (χ4v) is 3.71.